The van der Waals surface area contributed by atoms with Crippen molar-refractivity contribution in [3.63, 3.8) is 0 Å². The summed E-state index contributed by atoms with van der Waals surface area (Å²) in [6.45, 7) is 8.84. The van der Waals surface area contributed by atoms with Crippen LogP contribution in [-0.4, -0.2) is 61.5 Å². The minimum atomic E-state index is -3.43. The second-order valence-electron chi connectivity index (χ2n) is 7.70. The van der Waals surface area contributed by atoms with Gasteiger partial charge in [0.1, 0.15) is 30.6 Å². The molecule has 3 heterocycles. The van der Waals surface area contributed by atoms with Crippen LogP contribution in [0.25, 0.3) is 0 Å². The summed E-state index contributed by atoms with van der Waals surface area (Å²) in [6, 6.07) is -0.452. The van der Waals surface area contributed by atoms with E-state index < -0.39 is 50.0 Å². The number of fused-ring (bicyclic) bond motifs is 1. The van der Waals surface area contributed by atoms with Gasteiger partial charge in [-0.25, -0.2) is 4.79 Å². The molecule has 11 nitrogen and oxygen atoms in total. The molecule has 174 valence electrons. The number of rotatable bonds is 8. The van der Waals surface area contributed by atoms with Crippen molar-refractivity contribution in [2.24, 2.45) is 0 Å². The molecule has 3 aliphatic rings. The summed E-state index contributed by atoms with van der Waals surface area (Å²) in [5.74, 6) is 0.185. The molecule has 3 rings (SSSR count). The van der Waals surface area contributed by atoms with E-state index in [-0.39, 0.29) is 19.1 Å². The maximum absolute atomic E-state index is 12.8. The Bertz CT molecular complexity index is 804. The minimum Gasteiger partial charge on any atom is -0.361 e. The lowest BCUT2D eigenvalue weighted by Crippen LogP contribution is -2.57. The first-order valence-corrected chi connectivity index (χ1v) is 11.8. The van der Waals surface area contributed by atoms with Crippen molar-refractivity contribution in [2.45, 2.75) is 71.0 Å². The van der Waals surface area contributed by atoms with E-state index >= 15 is 0 Å². The number of carbonyl (C=O) groups is 2. The summed E-state index contributed by atoms with van der Waals surface area (Å²) < 4.78 is 41.7. The summed E-state index contributed by atoms with van der Waals surface area (Å²) in [4.78, 5) is 23.4. The first kappa shape index (κ1) is 23.9. The zero-order valence-electron chi connectivity index (χ0n) is 18.2. The van der Waals surface area contributed by atoms with Crippen LogP contribution in [-0.2, 0) is 32.6 Å². The van der Waals surface area contributed by atoms with Crippen molar-refractivity contribution >= 4 is 19.5 Å². The van der Waals surface area contributed by atoms with Gasteiger partial charge in [-0.2, -0.15) is 0 Å². The number of nitrogens with one attached hydrogen (secondary N) is 3. The molecular formula is C19H30N3O8P. The summed E-state index contributed by atoms with van der Waals surface area (Å²) in [6.07, 6.45) is 0.00854. The van der Waals surface area contributed by atoms with Gasteiger partial charge in [-0.1, -0.05) is 0 Å². The number of ether oxygens (including phenoxy) is 3. The van der Waals surface area contributed by atoms with Crippen molar-refractivity contribution in [3.8, 4) is 0 Å². The fourth-order valence-corrected chi connectivity index (χ4v) is 5.13. The fraction of sp³-hybridized carbons (Fsp3) is 0.684. The molecule has 5 unspecified atom stereocenters. The molecule has 3 amide bonds. The second kappa shape index (κ2) is 9.40. The Hall–Kier alpha value is -1.75. The molecule has 0 aromatic carbocycles. The number of urea groups is 1. The Morgan fingerprint density at radius 1 is 1.26 bits per heavy atom. The van der Waals surface area contributed by atoms with Gasteiger partial charge in [0.25, 0.3) is 0 Å². The van der Waals surface area contributed by atoms with Crippen LogP contribution >= 0.6 is 7.60 Å². The van der Waals surface area contributed by atoms with Crippen molar-refractivity contribution in [3.05, 3.63) is 23.7 Å². The zero-order valence-corrected chi connectivity index (χ0v) is 19.1. The van der Waals surface area contributed by atoms with Crippen LogP contribution in [0.1, 0.15) is 34.6 Å². The van der Waals surface area contributed by atoms with Gasteiger partial charge in [0.05, 0.1) is 13.2 Å². The predicted molar refractivity (Wildman–Crippen MR) is 110 cm³/mol. The Labute approximate surface area is 181 Å². The normalized spacial score (nSPS) is 32.4. The monoisotopic (exact) mass is 459 g/mol. The van der Waals surface area contributed by atoms with Crippen LogP contribution in [0.5, 0.6) is 0 Å². The van der Waals surface area contributed by atoms with E-state index in [9.17, 15) is 14.2 Å². The molecule has 0 saturated carbocycles. The highest BCUT2D eigenvalue weighted by atomic mass is 31.2. The van der Waals surface area contributed by atoms with Gasteiger partial charge >= 0.3 is 13.6 Å². The van der Waals surface area contributed by atoms with Gasteiger partial charge in [0.15, 0.2) is 5.79 Å². The lowest BCUT2D eigenvalue weighted by Gasteiger charge is -2.32. The fourth-order valence-electron chi connectivity index (χ4n) is 3.78. The SMILES string of the molecule is CCOP(=O)(/C=C/C1OC(C2=CNC(=O)NC2NC(C)=O)C2OC(C)(C)OC12)OCC. The molecule has 12 heteroatoms. The van der Waals surface area contributed by atoms with Crippen LogP contribution in [0.4, 0.5) is 4.79 Å². The Balaban J connectivity index is 1.87. The number of hydrogen-bond acceptors (Lipinski definition) is 8. The first-order chi connectivity index (χ1) is 14.6. The summed E-state index contributed by atoms with van der Waals surface area (Å²) in [7, 11) is -3.43. The highest BCUT2D eigenvalue weighted by Crippen LogP contribution is 2.50. The maximum atomic E-state index is 12.8. The molecule has 0 aromatic heterocycles. The summed E-state index contributed by atoms with van der Waals surface area (Å²) in [5.41, 5.74) is 0.569. The molecule has 0 spiro atoms. The van der Waals surface area contributed by atoms with Gasteiger partial charge in [-0.3, -0.25) is 9.36 Å². The largest absolute Gasteiger partial charge is 0.361 e. The number of amides is 3. The molecule has 3 aliphatic heterocycles. The van der Waals surface area contributed by atoms with Crippen molar-refractivity contribution in [1.82, 2.24) is 16.0 Å². The molecular weight excluding hydrogens is 429 g/mol. The molecule has 0 radical (unpaired) electrons. The third kappa shape index (κ3) is 5.54. The molecule has 0 aromatic rings. The third-order valence-electron chi connectivity index (χ3n) is 4.82. The van der Waals surface area contributed by atoms with E-state index in [0.29, 0.717) is 5.57 Å². The summed E-state index contributed by atoms with van der Waals surface area (Å²) in [5, 5.41) is 7.91. The standard InChI is InChI=1S/C19H30N3O8P/c1-6-26-31(25,27-7-2)9-8-13-15-16(30-19(4,5)29-15)14(28-13)12-10-20-18(24)22-17(12)21-11(3)23/h8-10,13-17H,6-7H2,1-5H3,(H,21,23)(H2,20,22,24)/b9-8+. The Morgan fingerprint density at radius 3 is 2.52 bits per heavy atom. The van der Waals surface area contributed by atoms with E-state index in [1.807, 2.05) is 0 Å². The van der Waals surface area contributed by atoms with Crippen LogP contribution < -0.4 is 16.0 Å². The van der Waals surface area contributed by atoms with Gasteiger partial charge in [0.2, 0.25) is 5.91 Å². The molecule has 5 atom stereocenters. The third-order valence-corrected chi connectivity index (χ3v) is 6.59. The first-order valence-electron chi connectivity index (χ1n) is 10.2. The van der Waals surface area contributed by atoms with E-state index in [0.717, 1.165) is 0 Å². The van der Waals surface area contributed by atoms with E-state index in [2.05, 4.69) is 16.0 Å². The van der Waals surface area contributed by atoms with Crippen molar-refractivity contribution in [1.29, 1.82) is 0 Å². The van der Waals surface area contributed by atoms with Gasteiger partial charge in [-0.15, -0.1) is 0 Å². The molecule has 0 aliphatic carbocycles. The molecule has 0 bridgehead atoms. The van der Waals surface area contributed by atoms with Gasteiger partial charge < -0.3 is 39.2 Å². The molecule has 2 fully saturated rings. The maximum Gasteiger partial charge on any atom is 0.353 e. The molecule has 3 N–H and O–H groups in total. The van der Waals surface area contributed by atoms with Crippen LogP contribution in [0.3, 0.4) is 0 Å². The number of hydrogen-bond donors (Lipinski definition) is 3. The van der Waals surface area contributed by atoms with Crippen LogP contribution in [0, 0.1) is 0 Å². The van der Waals surface area contributed by atoms with Gasteiger partial charge in [-0.05, 0) is 33.8 Å². The quantitative estimate of drug-likeness (QED) is 0.467. The Morgan fingerprint density at radius 2 is 1.90 bits per heavy atom. The van der Waals surface area contributed by atoms with Crippen molar-refractivity contribution < 1.29 is 37.4 Å². The van der Waals surface area contributed by atoms with E-state index in [4.69, 9.17) is 23.3 Å². The zero-order chi connectivity index (χ0) is 22.8. The van der Waals surface area contributed by atoms with Crippen LogP contribution in [0.2, 0.25) is 0 Å². The smallest absolute Gasteiger partial charge is 0.353 e. The lowest BCUT2D eigenvalue weighted by molar-refractivity contribution is -0.179. The average molecular weight is 459 g/mol. The predicted octanol–water partition coefficient (Wildman–Crippen LogP) is 1.71. The summed E-state index contributed by atoms with van der Waals surface area (Å²) >= 11 is 0. The highest BCUT2D eigenvalue weighted by molar-refractivity contribution is 7.57. The average Bonchev–Trinajstić information content (AvgIpc) is 3.13. The number of carbonyl (C=O) groups excluding carboxylic acids is 2. The topological polar surface area (TPSA) is 133 Å². The van der Waals surface area contributed by atoms with Gasteiger partial charge in [0, 0.05) is 24.5 Å². The van der Waals surface area contributed by atoms with E-state index in [1.54, 1.807) is 33.8 Å². The second-order valence-corrected chi connectivity index (χ2v) is 9.59. The van der Waals surface area contributed by atoms with Crippen molar-refractivity contribution in [2.75, 3.05) is 13.2 Å². The minimum absolute atomic E-state index is 0.227. The van der Waals surface area contributed by atoms with E-state index in [1.165, 1.54) is 18.9 Å². The molecule has 31 heavy (non-hydrogen) atoms. The molecule has 2 saturated heterocycles. The lowest BCUT2D eigenvalue weighted by atomic mass is 9.99. The highest BCUT2D eigenvalue weighted by Gasteiger charge is 2.56. The van der Waals surface area contributed by atoms with Crippen LogP contribution in [0.15, 0.2) is 23.7 Å². The Kier molecular flexibility index (Phi) is 7.25.